The second-order valence-electron chi connectivity index (χ2n) is 7.47. The molecule has 194 valence electrons. The van der Waals surface area contributed by atoms with Crippen molar-refractivity contribution in [2.75, 3.05) is 70.6 Å². The Kier molecular flexibility index (Phi) is 11.8. The molecule has 0 unspecified atom stereocenters. The number of amides is 1. The van der Waals surface area contributed by atoms with Crippen molar-refractivity contribution in [3.05, 3.63) is 47.2 Å². The Morgan fingerprint density at radius 3 is 2.44 bits per heavy atom. The molecule has 36 heavy (non-hydrogen) atoms. The lowest BCUT2D eigenvalue weighted by Gasteiger charge is -2.15. The molecule has 1 aromatic heterocycles. The van der Waals surface area contributed by atoms with Crippen molar-refractivity contribution in [3.8, 4) is 5.75 Å². The number of nitrogens with one attached hydrogen (secondary N) is 2. The van der Waals surface area contributed by atoms with Crippen molar-refractivity contribution in [2.24, 2.45) is 0 Å². The van der Waals surface area contributed by atoms with Crippen LogP contribution >= 0.6 is 15.9 Å². The Morgan fingerprint density at radius 2 is 1.72 bits per heavy atom. The number of rotatable bonds is 16. The summed E-state index contributed by atoms with van der Waals surface area (Å²) in [6.07, 6.45) is 1.48. The predicted molar refractivity (Wildman–Crippen MR) is 141 cm³/mol. The molecule has 0 radical (unpaired) electrons. The second kappa shape index (κ2) is 15.3. The molecule has 0 aliphatic carbocycles. The highest BCUT2D eigenvalue weighted by molar-refractivity contribution is 9.10. The summed E-state index contributed by atoms with van der Waals surface area (Å²) in [4.78, 5) is 21.0. The van der Waals surface area contributed by atoms with Crippen molar-refractivity contribution in [2.45, 2.75) is 6.92 Å². The molecule has 0 fully saturated rings. The molecule has 11 heteroatoms. The van der Waals surface area contributed by atoms with E-state index in [1.54, 1.807) is 12.1 Å². The molecule has 1 amide bonds. The lowest BCUT2D eigenvalue weighted by atomic mass is 10.2. The van der Waals surface area contributed by atoms with E-state index in [-0.39, 0.29) is 19.1 Å². The second-order valence-corrected chi connectivity index (χ2v) is 8.39. The minimum atomic E-state index is -0.305. The minimum absolute atomic E-state index is 0.0850. The molecule has 0 saturated carbocycles. The van der Waals surface area contributed by atoms with Gasteiger partial charge in [-0.05, 0) is 31.2 Å². The van der Waals surface area contributed by atoms with Gasteiger partial charge in [-0.2, -0.15) is 0 Å². The first kappa shape index (κ1) is 27.8. The Morgan fingerprint density at radius 1 is 0.972 bits per heavy atom. The largest absolute Gasteiger partial charge is 0.489 e. The van der Waals surface area contributed by atoms with Crippen molar-refractivity contribution in [1.29, 1.82) is 0 Å². The SMILES string of the molecule is CCOCCOCCOCCOc1cc2ncnc(Nc3cccc(Br)c3)c2cc1NC(=O)COC. The van der Waals surface area contributed by atoms with E-state index in [2.05, 4.69) is 36.5 Å². The summed E-state index contributed by atoms with van der Waals surface area (Å²) in [7, 11) is 1.46. The smallest absolute Gasteiger partial charge is 0.250 e. The van der Waals surface area contributed by atoms with Crippen LogP contribution in [-0.2, 0) is 23.7 Å². The molecule has 3 rings (SSSR count). The van der Waals surface area contributed by atoms with Crippen LogP contribution in [0.3, 0.4) is 0 Å². The molecule has 10 nitrogen and oxygen atoms in total. The maximum atomic E-state index is 12.3. The Bertz CT molecular complexity index is 1120. The molecule has 0 saturated heterocycles. The molecular weight excluding hydrogens is 532 g/mol. The number of carbonyl (C=O) groups excluding carboxylic acids is 1. The number of anilines is 3. The normalized spacial score (nSPS) is 11.0. The van der Waals surface area contributed by atoms with Gasteiger partial charge in [0.1, 0.15) is 31.1 Å². The quantitative estimate of drug-likeness (QED) is 0.248. The standard InChI is InChI=1S/C25H31BrN4O6/c1-3-33-7-8-34-9-10-35-11-12-36-23-15-21-20(14-22(23)30-24(31)16-32-2)25(28-17-27-21)29-19-6-4-5-18(26)13-19/h4-6,13-15,17H,3,7-12,16H2,1-2H3,(H,30,31)(H,27,28,29). The highest BCUT2D eigenvalue weighted by Gasteiger charge is 2.14. The van der Waals surface area contributed by atoms with Crippen LogP contribution in [0.25, 0.3) is 10.9 Å². The first-order valence-corrected chi connectivity index (χ1v) is 12.4. The highest BCUT2D eigenvalue weighted by atomic mass is 79.9. The fourth-order valence-corrected chi connectivity index (χ4v) is 3.61. The number of methoxy groups -OCH3 is 1. The average molecular weight is 563 g/mol. The molecule has 2 aromatic carbocycles. The van der Waals surface area contributed by atoms with E-state index in [4.69, 9.17) is 23.7 Å². The predicted octanol–water partition coefficient (Wildman–Crippen LogP) is 4.17. The van der Waals surface area contributed by atoms with E-state index >= 15 is 0 Å². The molecule has 0 bridgehead atoms. The van der Waals surface area contributed by atoms with Crippen LogP contribution in [0.2, 0.25) is 0 Å². The third-order valence-electron chi connectivity index (χ3n) is 4.81. The molecule has 3 aromatic rings. The fourth-order valence-electron chi connectivity index (χ4n) is 3.22. The number of nitrogens with zero attached hydrogens (tertiary/aromatic N) is 2. The summed E-state index contributed by atoms with van der Waals surface area (Å²) in [5.41, 5.74) is 2.00. The van der Waals surface area contributed by atoms with E-state index in [1.165, 1.54) is 13.4 Å². The van der Waals surface area contributed by atoms with Gasteiger partial charge in [-0.15, -0.1) is 0 Å². The van der Waals surface area contributed by atoms with Gasteiger partial charge in [-0.1, -0.05) is 22.0 Å². The number of fused-ring (bicyclic) bond motifs is 1. The van der Waals surface area contributed by atoms with Crippen LogP contribution in [0.5, 0.6) is 5.75 Å². The van der Waals surface area contributed by atoms with Gasteiger partial charge in [0.05, 0.1) is 44.2 Å². The summed E-state index contributed by atoms with van der Waals surface area (Å²) >= 11 is 3.47. The highest BCUT2D eigenvalue weighted by Crippen LogP contribution is 2.33. The van der Waals surface area contributed by atoms with Gasteiger partial charge >= 0.3 is 0 Å². The Hall–Kier alpha value is -2.83. The number of aromatic nitrogens is 2. The van der Waals surface area contributed by atoms with E-state index in [0.29, 0.717) is 62.4 Å². The monoisotopic (exact) mass is 562 g/mol. The molecule has 2 N–H and O–H groups in total. The number of ether oxygens (including phenoxy) is 5. The van der Waals surface area contributed by atoms with Crippen molar-refractivity contribution in [1.82, 2.24) is 9.97 Å². The Labute approximate surface area is 218 Å². The maximum absolute atomic E-state index is 12.3. The Balaban J connectivity index is 1.68. The maximum Gasteiger partial charge on any atom is 0.250 e. The summed E-state index contributed by atoms with van der Waals surface area (Å²) in [6.45, 7) is 5.21. The summed E-state index contributed by atoms with van der Waals surface area (Å²) < 4.78 is 28.0. The molecule has 0 spiro atoms. The molecule has 1 heterocycles. The number of hydrogen-bond donors (Lipinski definition) is 2. The zero-order valence-electron chi connectivity index (χ0n) is 20.4. The van der Waals surface area contributed by atoms with Gasteiger partial charge in [0, 0.05) is 35.3 Å². The number of carbonyl (C=O) groups is 1. The zero-order valence-corrected chi connectivity index (χ0v) is 22.0. The van der Waals surface area contributed by atoms with Gasteiger partial charge in [0.15, 0.2) is 0 Å². The summed E-state index contributed by atoms with van der Waals surface area (Å²) in [6, 6.07) is 11.3. The topological polar surface area (TPSA) is 113 Å². The van der Waals surface area contributed by atoms with Crippen LogP contribution in [0.4, 0.5) is 17.2 Å². The van der Waals surface area contributed by atoms with Gasteiger partial charge in [0.2, 0.25) is 5.91 Å². The third kappa shape index (κ3) is 8.99. The molecular formula is C25H31BrN4O6. The van der Waals surface area contributed by atoms with Gasteiger partial charge < -0.3 is 34.3 Å². The van der Waals surface area contributed by atoms with Crippen LogP contribution in [0.1, 0.15) is 6.92 Å². The third-order valence-corrected chi connectivity index (χ3v) is 5.30. The van der Waals surface area contributed by atoms with Gasteiger partial charge in [-0.25, -0.2) is 9.97 Å². The van der Waals surface area contributed by atoms with Crippen molar-refractivity contribution < 1.29 is 28.5 Å². The minimum Gasteiger partial charge on any atom is -0.489 e. The lowest BCUT2D eigenvalue weighted by Crippen LogP contribution is -2.18. The summed E-state index contributed by atoms with van der Waals surface area (Å²) in [5.74, 6) is 0.760. The van der Waals surface area contributed by atoms with Crippen molar-refractivity contribution >= 4 is 49.9 Å². The van der Waals surface area contributed by atoms with E-state index < -0.39 is 0 Å². The van der Waals surface area contributed by atoms with Crippen LogP contribution in [-0.4, -0.2) is 75.8 Å². The molecule has 0 aliphatic rings. The van der Waals surface area contributed by atoms with E-state index in [0.717, 1.165) is 15.5 Å². The van der Waals surface area contributed by atoms with E-state index in [9.17, 15) is 4.79 Å². The van der Waals surface area contributed by atoms with Crippen LogP contribution < -0.4 is 15.4 Å². The first-order chi connectivity index (χ1) is 17.6. The fraction of sp³-hybridized carbons (Fsp3) is 0.400. The van der Waals surface area contributed by atoms with E-state index in [1.807, 2.05) is 31.2 Å². The van der Waals surface area contributed by atoms with Crippen LogP contribution in [0, 0.1) is 0 Å². The summed E-state index contributed by atoms with van der Waals surface area (Å²) in [5, 5.41) is 6.86. The lowest BCUT2D eigenvalue weighted by molar-refractivity contribution is -0.119. The van der Waals surface area contributed by atoms with Crippen molar-refractivity contribution in [3.63, 3.8) is 0 Å². The van der Waals surface area contributed by atoms with Gasteiger partial charge in [0.25, 0.3) is 0 Å². The number of hydrogen-bond acceptors (Lipinski definition) is 9. The number of halogens is 1. The zero-order chi connectivity index (χ0) is 25.6. The van der Waals surface area contributed by atoms with Crippen LogP contribution in [0.15, 0.2) is 47.2 Å². The van der Waals surface area contributed by atoms with Gasteiger partial charge in [-0.3, -0.25) is 4.79 Å². The first-order valence-electron chi connectivity index (χ1n) is 11.6. The average Bonchev–Trinajstić information content (AvgIpc) is 2.86. The number of benzene rings is 2. The molecule has 0 atom stereocenters. The molecule has 0 aliphatic heterocycles.